The van der Waals surface area contributed by atoms with Crippen molar-refractivity contribution in [2.24, 2.45) is 0 Å². The summed E-state index contributed by atoms with van der Waals surface area (Å²) in [6, 6.07) is 15.6. The fourth-order valence-corrected chi connectivity index (χ4v) is 3.59. The standard InChI is InChI=1S/C17H12BrNOS/c18-15-6-1-2-7-17(15)21-11-16(20)13-5-3-4-12-8-9-19-10-14(12)13/h1-10H,11H2. The van der Waals surface area contributed by atoms with E-state index in [0.29, 0.717) is 5.75 Å². The van der Waals surface area contributed by atoms with Gasteiger partial charge in [-0.3, -0.25) is 9.78 Å². The molecule has 0 aliphatic carbocycles. The molecule has 0 saturated heterocycles. The predicted octanol–water partition coefficient (Wildman–Crippen LogP) is 4.97. The Morgan fingerprint density at radius 1 is 1.10 bits per heavy atom. The third-order valence-electron chi connectivity index (χ3n) is 3.18. The van der Waals surface area contributed by atoms with Crippen molar-refractivity contribution in [1.29, 1.82) is 0 Å². The van der Waals surface area contributed by atoms with Crippen molar-refractivity contribution in [1.82, 2.24) is 4.98 Å². The van der Waals surface area contributed by atoms with Crippen LogP contribution in [0.25, 0.3) is 10.8 Å². The Bertz CT molecular complexity index is 798. The molecule has 2 nitrogen and oxygen atoms in total. The van der Waals surface area contributed by atoms with Gasteiger partial charge in [-0.25, -0.2) is 0 Å². The highest BCUT2D eigenvalue weighted by atomic mass is 79.9. The first-order valence-corrected chi connectivity index (χ1v) is 8.27. The quantitative estimate of drug-likeness (QED) is 0.487. The van der Waals surface area contributed by atoms with Gasteiger partial charge in [0.1, 0.15) is 0 Å². The van der Waals surface area contributed by atoms with Gasteiger partial charge in [-0.15, -0.1) is 11.8 Å². The Kier molecular flexibility index (Phi) is 4.36. The lowest BCUT2D eigenvalue weighted by Gasteiger charge is -2.06. The Balaban J connectivity index is 1.83. The summed E-state index contributed by atoms with van der Waals surface area (Å²) >= 11 is 5.04. The smallest absolute Gasteiger partial charge is 0.173 e. The summed E-state index contributed by atoms with van der Waals surface area (Å²) in [5.74, 6) is 0.533. The zero-order valence-electron chi connectivity index (χ0n) is 11.1. The van der Waals surface area contributed by atoms with Crippen LogP contribution in [0.5, 0.6) is 0 Å². The van der Waals surface area contributed by atoms with Crippen LogP contribution in [-0.2, 0) is 0 Å². The van der Waals surface area contributed by atoms with Gasteiger partial charge in [0.15, 0.2) is 5.78 Å². The first-order chi connectivity index (χ1) is 10.3. The molecule has 1 aromatic heterocycles. The van der Waals surface area contributed by atoms with Gasteiger partial charge >= 0.3 is 0 Å². The van der Waals surface area contributed by atoms with Gasteiger partial charge in [0.25, 0.3) is 0 Å². The number of nitrogens with zero attached hydrogens (tertiary/aromatic N) is 1. The van der Waals surface area contributed by atoms with Crippen molar-refractivity contribution in [2.75, 3.05) is 5.75 Å². The minimum Gasteiger partial charge on any atom is -0.293 e. The van der Waals surface area contributed by atoms with E-state index in [-0.39, 0.29) is 5.78 Å². The number of carbonyl (C=O) groups excluding carboxylic acids is 1. The molecule has 104 valence electrons. The first kappa shape index (κ1) is 14.3. The number of carbonyl (C=O) groups is 1. The average molecular weight is 358 g/mol. The van der Waals surface area contributed by atoms with Crippen molar-refractivity contribution < 1.29 is 4.79 Å². The predicted molar refractivity (Wildman–Crippen MR) is 90.9 cm³/mol. The summed E-state index contributed by atoms with van der Waals surface area (Å²) in [4.78, 5) is 17.7. The fourth-order valence-electron chi connectivity index (χ4n) is 2.14. The second-order valence-corrected chi connectivity index (χ2v) is 6.42. The van der Waals surface area contributed by atoms with Crippen molar-refractivity contribution in [3.8, 4) is 0 Å². The van der Waals surface area contributed by atoms with Crippen molar-refractivity contribution >= 4 is 44.2 Å². The highest BCUT2D eigenvalue weighted by Gasteiger charge is 2.11. The van der Waals surface area contributed by atoms with E-state index in [0.717, 1.165) is 25.7 Å². The highest BCUT2D eigenvalue weighted by molar-refractivity contribution is 9.10. The lowest BCUT2D eigenvalue weighted by molar-refractivity contribution is 0.102. The van der Waals surface area contributed by atoms with Crippen LogP contribution in [-0.4, -0.2) is 16.5 Å². The first-order valence-electron chi connectivity index (χ1n) is 6.49. The normalized spacial score (nSPS) is 10.7. The third-order valence-corrected chi connectivity index (χ3v) is 5.21. The molecule has 0 fully saturated rings. The van der Waals surface area contributed by atoms with E-state index in [1.807, 2.05) is 48.5 Å². The number of fused-ring (bicyclic) bond motifs is 1. The van der Waals surface area contributed by atoms with Crippen molar-refractivity contribution in [3.05, 3.63) is 71.0 Å². The van der Waals surface area contributed by atoms with Crippen LogP contribution in [0.4, 0.5) is 0 Å². The molecular formula is C17H12BrNOS. The van der Waals surface area contributed by atoms with Crippen LogP contribution < -0.4 is 0 Å². The summed E-state index contributed by atoms with van der Waals surface area (Å²) < 4.78 is 1.02. The van der Waals surface area contributed by atoms with Crippen LogP contribution in [0.1, 0.15) is 10.4 Å². The van der Waals surface area contributed by atoms with Gasteiger partial charge in [0.2, 0.25) is 0 Å². The molecule has 0 unspecified atom stereocenters. The van der Waals surface area contributed by atoms with Crippen LogP contribution in [0.3, 0.4) is 0 Å². The average Bonchev–Trinajstić information content (AvgIpc) is 2.53. The van der Waals surface area contributed by atoms with Crippen molar-refractivity contribution in [2.45, 2.75) is 4.90 Å². The molecule has 0 radical (unpaired) electrons. The maximum atomic E-state index is 12.5. The lowest BCUT2D eigenvalue weighted by Crippen LogP contribution is -2.03. The molecule has 0 atom stereocenters. The van der Waals surface area contributed by atoms with E-state index in [9.17, 15) is 4.79 Å². The fraction of sp³-hybridized carbons (Fsp3) is 0.0588. The summed E-state index contributed by atoms with van der Waals surface area (Å²) in [6.45, 7) is 0. The van der Waals surface area contributed by atoms with E-state index in [4.69, 9.17) is 0 Å². The van der Waals surface area contributed by atoms with E-state index in [1.54, 1.807) is 24.2 Å². The summed E-state index contributed by atoms with van der Waals surface area (Å²) in [6.07, 6.45) is 3.50. The van der Waals surface area contributed by atoms with E-state index in [1.165, 1.54) is 0 Å². The molecule has 3 rings (SSSR count). The summed E-state index contributed by atoms with van der Waals surface area (Å²) in [5, 5.41) is 1.96. The number of hydrogen-bond acceptors (Lipinski definition) is 3. The largest absolute Gasteiger partial charge is 0.293 e. The van der Waals surface area contributed by atoms with Crippen LogP contribution >= 0.6 is 27.7 Å². The van der Waals surface area contributed by atoms with Gasteiger partial charge in [-0.2, -0.15) is 0 Å². The van der Waals surface area contributed by atoms with E-state index < -0.39 is 0 Å². The summed E-state index contributed by atoms with van der Waals surface area (Å²) in [7, 11) is 0. The maximum absolute atomic E-state index is 12.5. The number of rotatable bonds is 4. The number of halogens is 1. The van der Waals surface area contributed by atoms with Crippen LogP contribution in [0.15, 0.2) is 70.3 Å². The Morgan fingerprint density at radius 3 is 2.81 bits per heavy atom. The minimum atomic E-state index is 0.120. The number of ketones is 1. The zero-order valence-corrected chi connectivity index (χ0v) is 13.5. The Labute approximate surface area is 135 Å². The molecular weight excluding hydrogens is 346 g/mol. The number of thioether (sulfide) groups is 1. The number of aromatic nitrogens is 1. The minimum absolute atomic E-state index is 0.120. The van der Waals surface area contributed by atoms with E-state index in [2.05, 4.69) is 20.9 Å². The molecule has 0 bridgehead atoms. The number of benzene rings is 2. The molecule has 2 aromatic carbocycles. The van der Waals surface area contributed by atoms with E-state index >= 15 is 0 Å². The van der Waals surface area contributed by atoms with Gasteiger partial charge in [-0.1, -0.05) is 30.3 Å². The number of hydrogen-bond donors (Lipinski definition) is 0. The summed E-state index contributed by atoms with van der Waals surface area (Å²) in [5.41, 5.74) is 0.736. The zero-order chi connectivity index (χ0) is 14.7. The topological polar surface area (TPSA) is 30.0 Å². The molecule has 3 aromatic rings. The third kappa shape index (κ3) is 3.17. The molecule has 4 heteroatoms. The SMILES string of the molecule is O=C(CSc1ccccc1Br)c1cccc2ccncc12. The lowest BCUT2D eigenvalue weighted by atomic mass is 10.0. The van der Waals surface area contributed by atoms with Crippen LogP contribution in [0, 0.1) is 0 Å². The molecule has 1 heterocycles. The molecule has 0 amide bonds. The molecule has 0 saturated carbocycles. The molecule has 0 N–H and O–H groups in total. The monoisotopic (exact) mass is 357 g/mol. The van der Waals surface area contributed by atoms with Gasteiger partial charge in [0, 0.05) is 32.7 Å². The van der Waals surface area contributed by atoms with Gasteiger partial charge < -0.3 is 0 Å². The Morgan fingerprint density at radius 2 is 1.95 bits per heavy atom. The van der Waals surface area contributed by atoms with Crippen LogP contribution in [0.2, 0.25) is 0 Å². The molecule has 21 heavy (non-hydrogen) atoms. The maximum Gasteiger partial charge on any atom is 0.173 e. The second kappa shape index (κ2) is 6.41. The Hall–Kier alpha value is -1.65. The number of Topliss-reactive ketones (excluding diaryl/α,β-unsaturated/α-hetero) is 1. The molecule has 0 aliphatic heterocycles. The molecule has 0 aliphatic rings. The van der Waals surface area contributed by atoms with Gasteiger partial charge in [0.05, 0.1) is 5.75 Å². The highest BCUT2D eigenvalue weighted by Crippen LogP contribution is 2.28. The van der Waals surface area contributed by atoms with Gasteiger partial charge in [-0.05, 0) is 39.5 Å². The molecule has 0 spiro atoms. The van der Waals surface area contributed by atoms with Crippen molar-refractivity contribution in [3.63, 3.8) is 0 Å². The number of pyridine rings is 1. The second-order valence-electron chi connectivity index (χ2n) is 4.54.